The predicted octanol–water partition coefficient (Wildman–Crippen LogP) is 2.90. The number of pyridine rings is 1. The third-order valence-corrected chi connectivity index (χ3v) is 5.43. The summed E-state index contributed by atoms with van der Waals surface area (Å²) >= 11 is 0. The van der Waals surface area contributed by atoms with Crippen molar-refractivity contribution in [3.8, 4) is 11.3 Å². The highest BCUT2D eigenvalue weighted by Crippen LogP contribution is 2.32. The number of imidazole rings is 1. The van der Waals surface area contributed by atoms with Crippen LogP contribution in [-0.2, 0) is 0 Å². The van der Waals surface area contributed by atoms with Crippen LogP contribution in [0.25, 0.3) is 16.8 Å². The lowest BCUT2D eigenvalue weighted by Gasteiger charge is -2.14. The van der Waals surface area contributed by atoms with Crippen molar-refractivity contribution in [1.82, 2.24) is 24.7 Å². The van der Waals surface area contributed by atoms with Crippen LogP contribution in [0.3, 0.4) is 0 Å². The molecule has 152 valence electrons. The van der Waals surface area contributed by atoms with Crippen molar-refractivity contribution in [3.05, 3.63) is 72.4 Å². The average Bonchev–Trinajstić information content (AvgIpc) is 3.43. The molecule has 0 bridgehead atoms. The molecule has 1 fully saturated rings. The van der Waals surface area contributed by atoms with Crippen molar-refractivity contribution in [3.63, 3.8) is 0 Å². The Morgan fingerprint density at radius 1 is 1.13 bits per heavy atom. The first-order chi connectivity index (χ1) is 14.7. The van der Waals surface area contributed by atoms with Gasteiger partial charge in [-0.1, -0.05) is 30.3 Å². The molecule has 0 radical (unpaired) electrons. The van der Waals surface area contributed by atoms with Gasteiger partial charge in [-0.25, -0.2) is 15.0 Å². The SMILES string of the molecule is Nc1nccn2c([C@@H]3CCCN3)nc(-c3ccc(C(O)Nc4ccccn4)cc3)c12. The molecule has 3 aromatic heterocycles. The first-order valence-corrected chi connectivity index (χ1v) is 10.0. The van der Waals surface area contributed by atoms with E-state index in [0.717, 1.165) is 47.5 Å². The van der Waals surface area contributed by atoms with E-state index in [-0.39, 0.29) is 6.04 Å². The Morgan fingerprint density at radius 3 is 2.73 bits per heavy atom. The molecule has 4 aromatic rings. The molecule has 8 nitrogen and oxygen atoms in total. The number of nitrogen functional groups attached to an aromatic ring is 1. The Kier molecular flexibility index (Phi) is 4.78. The van der Waals surface area contributed by atoms with Gasteiger partial charge in [0.2, 0.25) is 0 Å². The maximum absolute atomic E-state index is 10.5. The molecule has 1 aliphatic rings. The van der Waals surface area contributed by atoms with E-state index in [9.17, 15) is 5.11 Å². The zero-order valence-corrected chi connectivity index (χ0v) is 16.4. The molecule has 1 unspecified atom stereocenters. The number of aliphatic hydroxyl groups excluding tert-OH is 1. The number of aliphatic hydroxyl groups is 1. The lowest BCUT2D eigenvalue weighted by atomic mass is 10.1. The maximum atomic E-state index is 10.5. The number of hydrogen-bond acceptors (Lipinski definition) is 7. The highest BCUT2D eigenvalue weighted by Gasteiger charge is 2.24. The number of anilines is 2. The summed E-state index contributed by atoms with van der Waals surface area (Å²) in [5.41, 5.74) is 9.48. The summed E-state index contributed by atoms with van der Waals surface area (Å²) in [7, 11) is 0. The van der Waals surface area contributed by atoms with Gasteiger partial charge in [0.1, 0.15) is 28.7 Å². The maximum Gasteiger partial charge on any atom is 0.151 e. The fourth-order valence-electron chi connectivity index (χ4n) is 3.93. The molecule has 5 rings (SSSR count). The molecular weight excluding hydrogens is 378 g/mol. The summed E-state index contributed by atoms with van der Waals surface area (Å²) in [6, 6.07) is 13.3. The van der Waals surface area contributed by atoms with Gasteiger partial charge >= 0.3 is 0 Å². The van der Waals surface area contributed by atoms with Crippen LogP contribution in [0.5, 0.6) is 0 Å². The third-order valence-electron chi connectivity index (χ3n) is 5.43. The van der Waals surface area contributed by atoms with Gasteiger partial charge in [-0.3, -0.25) is 4.40 Å². The topological polar surface area (TPSA) is 113 Å². The number of rotatable bonds is 5. The average molecular weight is 401 g/mol. The van der Waals surface area contributed by atoms with Gasteiger partial charge in [0.05, 0.1) is 6.04 Å². The van der Waals surface area contributed by atoms with Crippen LogP contribution < -0.4 is 16.4 Å². The van der Waals surface area contributed by atoms with E-state index >= 15 is 0 Å². The van der Waals surface area contributed by atoms with E-state index < -0.39 is 6.23 Å². The molecule has 1 aromatic carbocycles. The van der Waals surface area contributed by atoms with E-state index in [1.165, 1.54) is 0 Å². The van der Waals surface area contributed by atoms with Gasteiger partial charge in [0.25, 0.3) is 0 Å². The number of hydrogen-bond donors (Lipinski definition) is 4. The molecule has 0 amide bonds. The van der Waals surface area contributed by atoms with Gasteiger partial charge in [0, 0.05) is 29.7 Å². The molecule has 5 N–H and O–H groups in total. The Balaban J connectivity index is 1.48. The number of nitrogens with two attached hydrogens (primary N) is 1. The number of fused-ring (bicyclic) bond motifs is 1. The summed E-state index contributed by atoms with van der Waals surface area (Å²) in [5, 5.41) is 17.0. The van der Waals surface area contributed by atoms with E-state index in [1.807, 2.05) is 53.1 Å². The Bertz CT molecular complexity index is 1150. The lowest BCUT2D eigenvalue weighted by molar-refractivity contribution is 0.207. The quantitative estimate of drug-likeness (QED) is 0.380. The van der Waals surface area contributed by atoms with Crippen molar-refractivity contribution >= 4 is 17.2 Å². The van der Waals surface area contributed by atoms with Crippen LogP contribution >= 0.6 is 0 Å². The fourth-order valence-corrected chi connectivity index (χ4v) is 3.93. The van der Waals surface area contributed by atoms with Crippen molar-refractivity contribution in [2.45, 2.75) is 25.1 Å². The summed E-state index contributed by atoms with van der Waals surface area (Å²) in [6.45, 7) is 0.991. The minimum atomic E-state index is -0.863. The zero-order chi connectivity index (χ0) is 20.5. The molecule has 0 spiro atoms. The Labute approximate surface area is 173 Å². The minimum Gasteiger partial charge on any atom is -0.382 e. The van der Waals surface area contributed by atoms with Crippen LogP contribution in [-0.4, -0.2) is 31.0 Å². The summed E-state index contributed by atoms with van der Waals surface area (Å²) in [5.74, 6) is 2.01. The Hall–Kier alpha value is -3.49. The molecule has 0 aliphatic carbocycles. The smallest absolute Gasteiger partial charge is 0.151 e. The fraction of sp³-hybridized carbons (Fsp3) is 0.227. The van der Waals surface area contributed by atoms with Gasteiger partial charge in [-0.2, -0.15) is 0 Å². The van der Waals surface area contributed by atoms with Crippen molar-refractivity contribution < 1.29 is 5.11 Å². The van der Waals surface area contributed by atoms with Crippen LogP contribution in [0.2, 0.25) is 0 Å². The summed E-state index contributed by atoms with van der Waals surface area (Å²) < 4.78 is 2.03. The molecule has 4 heterocycles. The second-order valence-corrected chi connectivity index (χ2v) is 7.38. The second-order valence-electron chi connectivity index (χ2n) is 7.38. The van der Waals surface area contributed by atoms with Gasteiger partial charge in [-0.15, -0.1) is 0 Å². The predicted molar refractivity (Wildman–Crippen MR) is 116 cm³/mol. The molecule has 0 saturated carbocycles. The second kappa shape index (κ2) is 7.74. The zero-order valence-electron chi connectivity index (χ0n) is 16.4. The molecular formula is C22H23N7O. The normalized spacial score (nSPS) is 17.3. The van der Waals surface area contributed by atoms with Gasteiger partial charge in [-0.05, 0) is 31.5 Å². The van der Waals surface area contributed by atoms with E-state index in [4.69, 9.17) is 10.7 Å². The van der Waals surface area contributed by atoms with Crippen LogP contribution in [0, 0.1) is 0 Å². The number of nitrogens with zero attached hydrogens (tertiary/aromatic N) is 4. The first kappa shape index (κ1) is 18.5. The van der Waals surface area contributed by atoms with Crippen molar-refractivity contribution in [2.75, 3.05) is 17.6 Å². The van der Waals surface area contributed by atoms with Crippen LogP contribution in [0.4, 0.5) is 11.6 Å². The van der Waals surface area contributed by atoms with Gasteiger partial charge in [0.15, 0.2) is 6.23 Å². The monoisotopic (exact) mass is 401 g/mol. The summed E-state index contributed by atoms with van der Waals surface area (Å²) in [6.07, 6.45) is 6.60. The van der Waals surface area contributed by atoms with Crippen LogP contribution in [0.15, 0.2) is 61.1 Å². The lowest BCUT2D eigenvalue weighted by Crippen LogP contribution is -2.15. The summed E-state index contributed by atoms with van der Waals surface area (Å²) in [4.78, 5) is 13.4. The highest BCUT2D eigenvalue weighted by atomic mass is 16.3. The largest absolute Gasteiger partial charge is 0.382 e. The molecule has 30 heavy (non-hydrogen) atoms. The number of nitrogens with one attached hydrogen (secondary N) is 2. The Morgan fingerprint density at radius 2 is 2.00 bits per heavy atom. The molecule has 1 aliphatic heterocycles. The first-order valence-electron chi connectivity index (χ1n) is 10.0. The highest BCUT2D eigenvalue weighted by molar-refractivity contribution is 5.85. The molecule has 1 saturated heterocycles. The van der Waals surface area contributed by atoms with Crippen molar-refractivity contribution in [1.29, 1.82) is 0 Å². The van der Waals surface area contributed by atoms with Gasteiger partial charge < -0.3 is 21.5 Å². The van der Waals surface area contributed by atoms with E-state index in [2.05, 4.69) is 20.6 Å². The number of aromatic nitrogens is 4. The van der Waals surface area contributed by atoms with Crippen molar-refractivity contribution in [2.24, 2.45) is 0 Å². The van der Waals surface area contributed by atoms with E-state index in [1.54, 1.807) is 12.4 Å². The van der Waals surface area contributed by atoms with E-state index in [0.29, 0.717) is 11.6 Å². The molecule has 2 atom stereocenters. The van der Waals surface area contributed by atoms with Crippen LogP contribution in [0.1, 0.15) is 36.5 Å². The standard InChI is InChI=1S/C22H23N7O/c23-20-19-18(28-21(16-4-3-11-24-16)29(19)13-12-26-20)14-6-8-15(9-7-14)22(30)27-17-5-1-2-10-25-17/h1-2,5-10,12-13,16,22,24,30H,3-4,11H2,(H2,23,26)(H,25,27)/t16-,22?/m0/s1. The number of benzene rings is 1. The minimum absolute atomic E-state index is 0.205. The third kappa shape index (κ3) is 3.36. The molecule has 8 heteroatoms.